The third kappa shape index (κ3) is 3.22. The van der Waals surface area contributed by atoms with Crippen molar-refractivity contribution in [1.82, 2.24) is 0 Å². The third-order valence-corrected chi connectivity index (χ3v) is 3.46. The van der Waals surface area contributed by atoms with Gasteiger partial charge in [0.15, 0.2) is 0 Å². The van der Waals surface area contributed by atoms with Crippen LogP contribution >= 0.6 is 11.6 Å². The van der Waals surface area contributed by atoms with Crippen molar-refractivity contribution in [3.63, 3.8) is 0 Å². The summed E-state index contributed by atoms with van der Waals surface area (Å²) in [7, 11) is 0. The molecule has 0 heterocycles. The average Bonchev–Trinajstić information content (AvgIpc) is 2.39. The second kappa shape index (κ2) is 5.84. The summed E-state index contributed by atoms with van der Waals surface area (Å²) in [5.74, 6) is 0. The van der Waals surface area contributed by atoms with Crippen LogP contribution in [0.3, 0.4) is 0 Å². The quantitative estimate of drug-likeness (QED) is 0.726. The monoisotopic (exact) mass is 289 g/mol. The molecule has 2 amide bonds. The second-order valence-electron chi connectivity index (χ2n) is 4.56. The minimum Gasteiger partial charge on any atom is -0.398 e. The number of aryl methyl sites for hydroxylation is 1. The number of hydrogen-bond acceptors (Lipinski definition) is 2. The Hall–Kier alpha value is -2.20. The van der Waals surface area contributed by atoms with E-state index in [9.17, 15) is 4.79 Å². The van der Waals surface area contributed by atoms with Gasteiger partial charge in [0.1, 0.15) is 0 Å². The van der Waals surface area contributed by atoms with Gasteiger partial charge in [0.25, 0.3) is 0 Å². The first-order valence-corrected chi connectivity index (χ1v) is 6.54. The molecule has 4 N–H and O–H groups in total. The maximum absolute atomic E-state index is 11.9. The van der Waals surface area contributed by atoms with Gasteiger partial charge in [-0.1, -0.05) is 23.7 Å². The molecule has 0 saturated carbocycles. The van der Waals surface area contributed by atoms with E-state index in [1.54, 1.807) is 30.3 Å². The zero-order valence-electron chi connectivity index (χ0n) is 11.3. The van der Waals surface area contributed by atoms with Gasteiger partial charge in [-0.2, -0.15) is 0 Å². The molecule has 0 spiro atoms. The molecule has 20 heavy (non-hydrogen) atoms. The molecule has 0 atom stereocenters. The van der Waals surface area contributed by atoms with Gasteiger partial charge in [-0.15, -0.1) is 0 Å². The summed E-state index contributed by atoms with van der Waals surface area (Å²) in [5, 5.41) is 6.10. The van der Waals surface area contributed by atoms with Crippen molar-refractivity contribution in [2.45, 2.75) is 13.8 Å². The predicted octanol–water partition coefficient (Wildman–Crippen LogP) is 4.18. The Morgan fingerprint density at radius 1 is 1.15 bits per heavy atom. The first-order valence-electron chi connectivity index (χ1n) is 6.16. The first kappa shape index (κ1) is 14.2. The van der Waals surface area contributed by atoms with Crippen molar-refractivity contribution in [1.29, 1.82) is 0 Å². The van der Waals surface area contributed by atoms with E-state index >= 15 is 0 Å². The van der Waals surface area contributed by atoms with Gasteiger partial charge in [-0.05, 0) is 49.2 Å². The summed E-state index contributed by atoms with van der Waals surface area (Å²) in [6.45, 7) is 3.76. The van der Waals surface area contributed by atoms with E-state index in [-0.39, 0.29) is 6.03 Å². The minimum absolute atomic E-state index is 0.335. The number of rotatable bonds is 2. The number of benzene rings is 2. The summed E-state index contributed by atoms with van der Waals surface area (Å²) >= 11 is 6.02. The van der Waals surface area contributed by atoms with Crippen LogP contribution in [0.4, 0.5) is 21.9 Å². The number of carbonyl (C=O) groups excluding carboxylic acids is 1. The summed E-state index contributed by atoms with van der Waals surface area (Å²) < 4.78 is 0. The molecular weight excluding hydrogens is 274 g/mol. The van der Waals surface area contributed by atoms with Gasteiger partial charge in [0.05, 0.1) is 0 Å². The van der Waals surface area contributed by atoms with Crippen LogP contribution < -0.4 is 16.4 Å². The van der Waals surface area contributed by atoms with Gasteiger partial charge >= 0.3 is 6.03 Å². The van der Waals surface area contributed by atoms with E-state index < -0.39 is 0 Å². The number of nitrogens with one attached hydrogen (secondary N) is 2. The zero-order valence-corrected chi connectivity index (χ0v) is 12.1. The molecule has 0 radical (unpaired) electrons. The molecular formula is C15H16ClN3O. The lowest BCUT2D eigenvalue weighted by Gasteiger charge is -2.11. The summed E-state index contributed by atoms with van der Waals surface area (Å²) in [6.07, 6.45) is 0. The Bertz CT molecular complexity index is 656. The van der Waals surface area contributed by atoms with Crippen LogP contribution in [0.2, 0.25) is 5.02 Å². The Kier molecular flexibility index (Phi) is 4.15. The second-order valence-corrected chi connectivity index (χ2v) is 4.97. The molecule has 0 aliphatic rings. The van der Waals surface area contributed by atoms with Gasteiger partial charge in [0.2, 0.25) is 0 Å². The topological polar surface area (TPSA) is 67.2 Å². The fourth-order valence-electron chi connectivity index (χ4n) is 1.74. The largest absolute Gasteiger partial charge is 0.398 e. The number of carbonyl (C=O) groups is 1. The van der Waals surface area contributed by atoms with E-state index in [1.165, 1.54) is 0 Å². The molecule has 0 aromatic heterocycles. The molecule has 5 heteroatoms. The van der Waals surface area contributed by atoms with Crippen molar-refractivity contribution in [2.24, 2.45) is 0 Å². The molecule has 0 aliphatic carbocycles. The van der Waals surface area contributed by atoms with Crippen molar-refractivity contribution in [3.05, 3.63) is 52.5 Å². The van der Waals surface area contributed by atoms with Crippen LogP contribution in [-0.2, 0) is 0 Å². The van der Waals surface area contributed by atoms with E-state index in [1.807, 2.05) is 19.9 Å². The van der Waals surface area contributed by atoms with Crippen LogP contribution in [0.5, 0.6) is 0 Å². The summed E-state index contributed by atoms with van der Waals surface area (Å²) in [5.41, 5.74) is 9.56. The highest BCUT2D eigenvalue weighted by Crippen LogP contribution is 2.22. The first-order chi connectivity index (χ1) is 9.47. The molecule has 104 valence electrons. The van der Waals surface area contributed by atoms with Crippen LogP contribution in [-0.4, -0.2) is 6.03 Å². The van der Waals surface area contributed by atoms with Gasteiger partial charge in [-0.3, -0.25) is 0 Å². The molecule has 2 rings (SSSR count). The SMILES string of the molecule is Cc1ccc(NC(=O)Nc2cccc(N)c2C)cc1Cl. The molecule has 0 saturated heterocycles. The Morgan fingerprint density at radius 3 is 2.60 bits per heavy atom. The van der Waals surface area contributed by atoms with Crippen molar-refractivity contribution in [2.75, 3.05) is 16.4 Å². The molecule has 2 aromatic rings. The van der Waals surface area contributed by atoms with Gasteiger partial charge in [0, 0.05) is 22.1 Å². The summed E-state index contributed by atoms with van der Waals surface area (Å²) in [6, 6.07) is 10.4. The summed E-state index contributed by atoms with van der Waals surface area (Å²) in [4.78, 5) is 11.9. The fourth-order valence-corrected chi connectivity index (χ4v) is 1.92. The number of hydrogen-bond donors (Lipinski definition) is 3. The van der Waals surface area contributed by atoms with E-state index in [2.05, 4.69) is 10.6 Å². The standard InChI is InChI=1S/C15H16ClN3O/c1-9-6-7-11(8-12(9)16)18-15(20)19-14-5-3-4-13(17)10(14)2/h3-8H,17H2,1-2H3,(H2,18,19,20). The molecule has 2 aromatic carbocycles. The number of nitrogens with two attached hydrogens (primary N) is 1. The van der Waals surface area contributed by atoms with Gasteiger partial charge in [-0.25, -0.2) is 4.79 Å². The van der Waals surface area contributed by atoms with Gasteiger partial charge < -0.3 is 16.4 Å². The third-order valence-electron chi connectivity index (χ3n) is 3.05. The lowest BCUT2D eigenvalue weighted by atomic mass is 10.1. The number of urea groups is 1. The lowest BCUT2D eigenvalue weighted by molar-refractivity contribution is 0.262. The Morgan fingerprint density at radius 2 is 1.90 bits per heavy atom. The van der Waals surface area contributed by atoms with Crippen LogP contribution in [0.15, 0.2) is 36.4 Å². The highest BCUT2D eigenvalue weighted by atomic mass is 35.5. The van der Waals surface area contributed by atoms with Crippen molar-refractivity contribution in [3.8, 4) is 0 Å². The number of nitrogen functional groups attached to an aromatic ring is 1. The average molecular weight is 290 g/mol. The number of halogens is 1. The smallest absolute Gasteiger partial charge is 0.323 e. The van der Waals surface area contributed by atoms with Crippen LogP contribution in [0, 0.1) is 13.8 Å². The normalized spacial score (nSPS) is 10.2. The maximum atomic E-state index is 11.9. The molecule has 0 bridgehead atoms. The van der Waals surface area contributed by atoms with Crippen LogP contribution in [0.1, 0.15) is 11.1 Å². The van der Waals surface area contributed by atoms with E-state index in [4.69, 9.17) is 17.3 Å². The molecule has 0 unspecified atom stereocenters. The number of amides is 2. The molecule has 0 fully saturated rings. The van der Waals surface area contributed by atoms with Crippen molar-refractivity contribution >= 4 is 34.7 Å². The highest BCUT2D eigenvalue weighted by molar-refractivity contribution is 6.31. The lowest BCUT2D eigenvalue weighted by Crippen LogP contribution is -2.20. The zero-order chi connectivity index (χ0) is 14.7. The fraction of sp³-hybridized carbons (Fsp3) is 0.133. The maximum Gasteiger partial charge on any atom is 0.323 e. The number of anilines is 3. The van der Waals surface area contributed by atoms with Crippen LogP contribution in [0.25, 0.3) is 0 Å². The Labute approximate surface area is 122 Å². The Balaban J connectivity index is 2.09. The minimum atomic E-state index is -0.335. The van der Waals surface area contributed by atoms with E-state index in [0.29, 0.717) is 22.1 Å². The van der Waals surface area contributed by atoms with E-state index in [0.717, 1.165) is 11.1 Å². The predicted molar refractivity (Wildman–Crippen MR) is 84.4 cm³/mol. The molecule has 4 nitrogen and oxygen atoms in total. The highest BCUT2D eigenvalue weighted by Gasteiger charge is 2.07. The molecule has 0 aliphatic heterocycles. The van der Waals surface area contributed by atoms with Crippen molar-refractivity contribution < 1.29 is 4.79 Å².